The molecule has 1 unspecified atom stereocenters. The summed E-state index contributed by atoms with van der Waals surface area (Å²) in [6.45, 7) is 5.02. The molecule has 0 rings (SSSR count). The predicted molar refractivity (Wildman–Crippen MR) is 35.0 cm³/mol. The van der Waals surface area contributed by atoms with Gasteiger partial charge in [0.15, 0.2) is 0 Å². The van der Waals surface area contributed by atoms with Gasteiger partial charge in [-0.05, 0) is 6.92 Å². The molecular weight excluding hydrogens is 118 g/mol. The van der Waals surface area contributed by atoms with Crippen LogP contribution in [0.2, 0.25) is 0 Å². The zero-order valence-corrected chi connectivity index (χ0v) is 5.42. The van der Waals surface area contributed by atoms with Crippen molar-refractivity contribution in [2.75, 3.05) is 0 Å². The smallest absolute Gasteiger partial charge is 0.305 e. The topological polar surface area (TPSA) is 63.3 Å². The molecule has 52 valence electrons. The Bertz CT molecular complexity index is 129. The van der Waals surface area contributed by atoms with Gasteiger partial charge in [-0.2, -0.15) is 0 Å². The first-order valence-electron chi connectivity index (χ1n) is 2.62. The van der Waals surface area contributed by atoms with Gasteiger partial charge < -0.3 is 10.8 Å². The number of hydrogen-bond donors (Lipinski definition) is 2. The summed E-state index contributed by atoms with van der Waals surface area (Å²) < 4.78 is 0. The molecule has 9 heavy (non-hydrogen) atoms. The van der Waals surface area contributed by atoms with Crippen molar-refractivity contribution >= 4 is 5.97 Å². The van der Waals surface area contributed by atoms with E-state index in [1.54, 1.807) is 6.92 Å². The van der Waals surface area contributed by atoms with Gasteiger partial charge in [-0.25, -0.2) is 0 Å². The van der Waals surface area contributed by atoms with E-state index in [1.807, 2.05) is 0 Å². The Morgan fingerprint density at radius 1 is 2.00 bits per heavy atom. The highest BCUT2D eigenvalue weighted by atomic mass is 16.4. The van der Waals surface area contributed by atoms with Gasteiger partial charge in [-0.3, -0.25) is 4.79 Å². The first kappa shape index (κ1) is 8.17. The summed E-state index contributed by atoms with van der Waals surface area (Å²) >= 11 is 0. The second kappa shape index (κ2) is 2.64. The third-order valence-electron chi connectivity index (χ3n) is 0.998. The van der Waals surface area contributed by atoms with Crippen molar-refractivity contribution in [2.45, 2.75) is 18.9 Å². The lowest BCUT2D eigenvalue weighted by molar-refractivity contribution is -0.137. The van der Waals surface area contributed by atoms with Crippen molar-refractivity contribution in [3.8, 4) is 0 Å². The van der Waals surface area contributed by atoms with Gasteiger partial charge in [0.05, 0.1) is 6.42 Å². The minimum atomic E-state index is -0.903. The van der Waals surface area contributed by atoms with E-state index in [2.05, 4.69) is 6.58 Å². The zero-order valence-electron chi connectivity index (χ0n) is 5.42. The van der Waals surface area contributed by atoms with Crippen LogP contribution in [0.1, 0.15) is 13.3 Å². The van der Waals surface area contributed by atoms with Crippen molar-refractivity contribution < 1.29 is 9.90 Å². The molecule has 0 aliphatic rings. The molecule has 0 bridgehead atoms. The monoisotopic (exact) mass is 129 g/mol. The molecule has 3 N–H and O–H groups in total. The molecule has 0 fully saturated rings. The predicted octanol–water partition coefficient (Wildman–Crippen LogP) is 0.365. The molecule has 0 aromatic carbocycles. The summed E-state index contributed by atoms with van der Waals surface area (Å²) in [6.07, 6.45) is 1.36. The van der Waals surface area contributed by atoms with Crippen LogP contribution in [0.5, 0.6) is 0 Å². The largest absolute Gasteiger partial charge is 0.481 e. The van der Waals surface area contributed by atoms with E-state index < -0.39 is 11.5 Å². The highest BCUT2D eigenvalue weighted by Gasteiger charge is 2.16. The SMILES string of the molecule is C=CC(C)(N)CC(=O)O. The second-order valence-electron chi connectivity index (χ2n) is 2.28. The molecule has 3 nitrogen and oxygen atoms in total. The molecule has 0 saturated heterocycles. The lowest BCUT2D eigenvalue weighted by Gasteiger charge is -2.15. The minimum absolute atomic E-state index is 0.0729. The van der Waals surface area contributed by atoms with Gasteiger partial charge in [-0.15, -0.1) is 6.58 Å². The molecule has 0 aliphatic carbocycles. The molecule has 0 heterocycles. The standard InChI is InChI=1S/C6H11NO2/c1-3-6(2,7)4-5(8)9/h3H,1,4,7H2,2H3,(H,8,9). The van der Waals surface area contributed by atoms with E-state index in [-0.39, 0.29) is 6.42 Å². The van der Waals surface area contributed by atoms with Crippen LogP contribution in [0.25, 0.3) is 0 Å². The highest BCUT2D eigenvalue weighted by Crippen LogP contribution is 2.04. The molecule has 3 heteroatoms. The van der Waals surface area contributed by atoms with E-state index in [4.69, 9.17) is 10.8 Å². The fraction of sp³-hybridized carbons (Fsp3) is 0.500. The number of rotatable bonds is 3. The Morgan fingerprint density at radius 3 is 2.56 bits per heavy atom. The van der Waals surface area contributed by atoms with Crippen molar-refractivity contribution in [2.24, 2.45) is 5.73 Å². The van der Waals surface area contributed by atoms with Gasteiger partial charge in [0.25, 0.3) is 0 Å². The Hall–Kier alpha value is -0.830. The van der Waals surface area contributed by atoms with E-state index in [0.29, 0.717) is 0 Å². The first-order valence-corrected chi connectivity index (χ1v) is 2.62. The Labute approximate surface area is 54.2 Å². The average Bonchev–Trinajstić information content (AvgIpc) is 1.63. The summed E-state index contributed by atoms with van der Waals surface area (Å²) in [5, 5.41) is 8.25. The van der Waals surface area contributed by atoms with Crippen LogP contribution in [-0.4, -0.2) is 16.6 Å². The third-order valence-corrected chi connectivity index (χ3v) is 0.998. The molecular formula is C6H11NO2. The van der Waals surface area contributed by atoms with Crippen LogP contribution in [0, 0.1) is 0 Å². The molecule has 0 aliphatic heterocycles. The highest BCUT2D eigenvalue weighted by molar-refractivity contribution is 5.68. The lowest BCUT2D eigenvalue weighted by atomic mass is 10.0. The molecule has 0 aromatic rings. The van der Waals surface area contributed by atoms with Gasteiger partial charge in [0, 0.05) is 5.54 Å². The Kier molecular flexibility index (Phi) is 2.40. The van der Waals surface area contributed by atoms with Crippen LogP contribution in [0.4, 0.5) is 0 Å². The van der Waals surface area contributed by atoms with E-state index >= 15 is 0 Å². The average molecular weight is 129 g/mol. The number of carbonyl (C=O) groups is 1. The van der Waals surface area contributed by atoms with Crippen molar-refractivity contribution in [1.82, 2.24) is 0 Å². The van der Waals surface area contributed by atoms with E-state index in [0.717, 1.165) is 0 Å². The number of aliphatic carboxylic acids is 1. The summed E-state index contributed by atoms with van der Waals surface area (Å²) in [7, 11) is 0. The first-order chi connectivity index (χ1) is 3.98. The maximum absolute atomic E-state index is 10.0. The van der Waals surface area contributed by atoms with Crippen molar-refractivity contribution in [1.29, 1.82) is 0 Å². The van der Waals surface area contributed by atoms with E-state index in [9.17, 15) is 4.79 Å². The normalized spacial score (nSPS) is 16.2. The summed E-state index contributed by atoms with van der Waals surface area (Å²) in [5.41, 5.74) is 4.65. The summed E-state index contributed by atoms with van der Waals surface area (Å²) in [4.78, 5) is 10.0. The quantitative estimate of drug-likeness (QED) is 0.541. The molecule has 0 saturated carbocycles. The number of hydrogen-bond acceptors (Lipinski definition) is 2. The maximum Gasteiger partial charge on any atom is 0.305 e. The Morgan fingerprint density at radius 2 is 2.44 bits per heavy atom. The van der Waals surface area contributed by atoms with Gasteiger partial charge in [0.1, 0.15) is 0 Å². The zero-order chi connectivity index (χ0) is 7.49. The van der Waals surface area contributed by atoms with Gasteiger partial charge in [0.2, 0.25) is 0 Å². The van der Waals surface area contributed by atoms with Gasteiger partial charge in [-0.1, -0.05) is 6.08 Å². The third kappa shape index (κ3) is 3.73. The van der Waals surface area contributed by atoms with Crippen molar-refractivity contribution in [3.05, 3.63) is 12.7 Å². The van der Waals surface area contributed by atoms with Crippen LogP contribution in [-0.2, 0) is 4.79 Å². The minimum Gasteiger partial charge on any atom is -0.481 e. The number of carboxylic acids is 1. The molecule has 0 aromatic heterocycles. The van der Waals surface area contributed by atoms with Crippen LogP contribution in [0.3, 0.4) is 0 Å². The summed E-state index contributed by atoms with van der Waals surface area (Å²) in [5.74, 6) is -0.903. The molecule has 0 radical (unpaired) electrons. The number of nitrogens with two attached hydrogens (primary N) is 1. The fourth-order valence-corrected chi connectivity index (χ4v) is 0.398. The fourth-order valence-electron chi connectivity index (χ4n) is 0.398. The van der Waals surface area contributed by atoms with Crippen LogP contribution < -0.4 is 5.73 Å². The molecule has 0 spiro atoms. The second-order valence-corrected chi connectivity index (χ2v) is 2.28. The summed E-state index contributed by atoms with van der Waals surface area (Å²) in [6, 6.07) is 0. The molecule has 1 atom stereocenters. The van der Waals surface area contributed by atoms with Gasteiger partial charge >= 0.3 is 5.97 Å². The molecule has 0 amide bonds. The maximum atomic E-state index is 10.0. The Balaban J connectivity index is 3.86. The number of carboxylic acid groups (broad SMARTS) is 1. The van der Waals surface area contributed by atoms with Crippen molar-refractivity contribution in [3.63, 3.8) is 0 Å². The van der Waals surface area contributed by atoms with Crippen LogP contribution >= 0.6 is 0 Å². The lowest BCUT2D eigenvalue weighted by Crippen LogP contribution is -2.35. The van der Waals surface area contributed by atoms with Crippen LogP contribution in [0.15, 0.2) is 12.7 Å². The van der Waals surface area contributed by atoms with E-state index in [1.165, 1.54) is 6.08 Å².